The number of rotatable bonds is 14. The summed E-state index contributed by atoms with van der Waals surface area (Å²) in [7, 11) is 1.27. The zero-order chi connectivity index (χ0) is 26.4. The lowest BCUT2D eigenvalue weighted by atomic mass is 9.99. The molecule has 0 aromatic rings. The molecule has 9 nitrogen and oxygen atoms in total. The Labute approximate surface area is 205 Å². The summed E-state index contributed by atoms with van der Waals surface area (Å²) in [5.74, 6) is -0.571. The Morgan fingerprint density at radius 2 is 1.18 bits per heavy atom. The van der Waals surface area contributed by atoms with E-state index in [-0.39, 0.29) is 5.78 Å². The molecule has 0 aromatic carbocycles. The third-order valence-electron chi connectivity index (χ3n) is 4.77. The summed E-state index contributed by atoms with van der Waals surface area (Å²) in [4.78, 5) is 48.9. The summed E-state index contributed by atoms with van der Waals surface area (Å²) in [6.07, 6.45) is 4.76. The van der Waals surface area contributed by atoms with Crippen LogP contribution in [0.5, 0.6) is 0 Å². The SMILES string of the molecule is CCCCC[C@H](NC(=O)OC(C)(C)C)C(=O)CCCCC[C@H](NC(=O)OC(C)(C)C)C(=O)OC. The van der Waals surface area contributed by atoms with Crippen LogP contribution in [0.25, 0.3) is 0 Å². The molecule has 0 saturated heterocycles. The van der Waals surface area contributed by atoms with Crippen LogP contribution in [0.3, 0.4) is 0 Å². The van der Waals surface area contributed by atoms with Crippen LogP contribution in [0.4, 0.5) is 9.59 Å². The van der Waals surface area contributed by atoms with Crippen molar-refractivity contribution in [1.82, 2.24) is 10.6 Å². The summed E-state index contributed by atoms with van der Waals surface area (Å²) in [5, 5.41) is 5.27. The number of alkyl carbamates (subject to hydrolysis) is 2. The molecule has 0 aliphatic heterocycles. The van der Waals surface area contributed by atoms with Gasteiger partial charge in [-0.25, -0.2) is 14.4 Å². The molecule has 0 spiro atoms. The number of methoxy groups -OCH3 is 1. The van der Waals surface area contributed by atoms with Gasteiger partial charge in [0.15, 0.2) is 5.78 Å². The van der Waals surface area contributed by atoms with E-state index in [4.69, 9.17) is 14.2 Å². The van der Waals surface area contributed by atoms with Crippen molar-refractivity contribution in [1.29, 1.82) is 0 Å². The molecule has 0 aromatic heterocycles. The Kier molecular flexibility index (Phi) is 14.5. The van der Waals surface area contributed by atoms with E-state index < -0.39 is 41.4 Å². The van der Waals surface area contributed by atoms with Crippen LogP contribution in [0.15, 0.2) is 0 Å². The van der Waals surface area contributed by atoms with E-state index in [1.165, 1.54) is 7.11 Å². The van der Waals surface area contributed by atoms with Crippen molar-refractivity contribution in [3.8, 4) is 0 Å². The number of ether oxygens (including phenoxy) is 3. The zero-order valence-corrected chi connectivity index (χ0v) is 22.4. The standard InChI is InChI=1S/C25H46N2O7/c1-9-10-12-15-18(26-22(30)33-24(2,3)4)20(28)17-14-11-13-16-19(21(29)32-8)27-23(31)34-25(5,6)7/h18-19H,9-17H2,1-8H3,(H,26,30)(H,27,31)/t18-,19-/m0/s1. The number of hydrogen-bond donors (Lipinski definition) is 2. The monoisotopic (exact) mass is 486 g/mol. The summed E-state index contributed by atoms with van der Waals surface area (Å²) >= 11 is 0. The number of ketones is 1. The van der Waals surface area contributed by atoms with E-state index in [2.05, 4.69) is 17.6 Å². The molecule has 0 bridgehead atoms. The number of Topliss-reactive ketones (excluding diaryl/α,β-unsaturated/α-hetero) is 1. The lowest BCUT2D eigenvalue weighted by Gasteiger charge is -2.23. The summed E-state index contributed by atoms with van der Waals surface area (Å²) < 4.78 is 15.3. The minimum absolute atomic E-state index is 0.0293. The number of nitrogens with one attached hydrogen (secondary N) is 2. The molecule has 0 aliphatic rings. The molecule has 0 radical (unpaired) electrons. The maximum absolute atomic E-state index is 12.8. The van der Waals surface area contributed by atoms with Gasteiger partial charge in [-0.05, 0) is 60.8 Å². The fourth-order valence-corrected chi connectivity index (χ4v) is 3.20. The van der Waals surface area contributed by atoms with Crippen LogP contribution in [-0.2, 0) is 23.8 Å². The van der Waals surface area contributed by atoms with E-state index in [9.17, 15) is 19.2 Å². The van der Waals surface area contributed by atoms with E-state index in [0.717, 1.165) is 19.3 Å². The number of unbranched alkanes of at least 4 members (excludes halogenated alkanes) is 4. The van der Waals surface area contributed by atoms with Crippen LogP contribution in [0.2, 0.25) is 0 Å². The molecule has 0 heterocycles. The first-order chi connectivity index (χ1) is 15.7. The smallest absolute Gasteiger partial charge is 0.408 e. The lowest BCUT2D eigenvalue weighted by molar-refractivity contribution is -0.143. The molecule has 2 amide bonds. The summed E-state index contributed by atoms with van der Waals surface area (Å²) in [5.41, 5.74) is -1.31. The van der Waals surface area contributed by atoms with Crippen molar-refractivity contribution in [3.05, 3.63) is 0 Å². The first-order valence-electron chi connectivity index (χ1n) is 12.3. The fourth-order valence-electron chi connectivity index (χ4n) is 3.20. The average Bonchev–Trinajstić information content (AvgIpc) is 2.68. The van der Waals surface area contributed by atoms with Crippen molar-refractivity contribution in [2.24, 2.45) is 0 Å². The Morgan fingerprint density at radius 1 is 0.706 bits per heavy atom. The van der Waals surface area contributed by atoms with Crippen molar-refractivity contribution in [3.63, 3.8) is 0 Å². The Bertz CT molecular complexity index is 651. The minimum atomic E-state index is -0.814. The zero-order valence-electron chi connectivity index (χ0n) is 22.4. The van der Waals surface area contributed by atoms with Gasteiger partial charge in [-0.3, -0.25) is 4.79 Å². The Balaban J connectivity index is 4.66. The quantitative estimate of drug-likeness (QED) is 0.200. The van der Waals surface area contributed by atoms with Crippen LogP contribution in [-0.4, -0.2) is 54.3 Å². The van der Waals surface area contributed by atoms with Crippen LogP contribution in [0.1, 0.15) is 106 Å². The number of carbonyl (C=O) groups excluding carboxylic acids is 4. The van der Waals surface area contributed by atoms with E-state index in [0.29, 0.717) is 38.5 Å². The summed E-state index contributed by atoms with van der Waals surface area (Å²) in [6.45, 7) is 12.6. The first kappa shape index (κ1) is 31.7. The highest BCUT2D eigenvalue weighted by atomic mass is 16.6. The van der Waals surface area contributed by atoms with E-state index >= 15 is 0 Å². The van der Waals surface area contributed by atoms with Gasteiger partial charge >= 0.3 is 18.2 Å². The number of carbonyl (C=O) groups is 4. The highest BCUT2D eigenvalue weighted by Gasteiger charge is 2.26. The van der Waals surface area contributed by atoms with Gasteiger partial charge < -0.3 is 24.8 Å². The van der Waals surface area contributed by atoms with Crippen molar-refractivity contribution < 1.29 is 33.4 Å². The molecule has 0 aliphatic carbocycles. The predicted molar refractivity (Wildman–Crippen MR) is 131 cm³/mol. The van der Waals surface area contributed by atoms with Crippen molar-refractivity contribution in [2.45, 2.75) is 130 Å². The second-order valence-corrected chi connectivity index (χ2v) is 10.5. The maximum Gasteiger partial charge on any atom is 0.408 e. The molecule has 0 unspecified atom stereocenters. The molecule has 0 rings (SSSR count). The Morgan fingerprint density at radius 3 is 1.65 bits per heavy atom. The predicted octanol–water partition coefficient (Wildman–Crippen LogP) is 5.05. The summed E-state index contributed by atoms with van der Waals surface area (Å²) in [6, 6.07) is -1.38. The normalized spacial score (nSPS) is 13.4. The molecule has 2 atom stereocenters. The molecule has 198 valence electrons. The number of esters is 1. The van der Waals surface area contributed by atoms with Gasteiger partial charge in [0, 0.05) is 6.42 Å². The van der Waals surface area contributed by atoms with Crippen LogP contribution >= 0.6 is 0 Å². The third kappa shape index (κ3) is 16.3. The van der Waals surface area contributed by atoms with E-state index in [1.807, 2.05) is 0 Å². The third-order valence-corrected chi connectivity index (χ3v) is 4.77. The molecular weight excluding hydrogens is 440 g/mol. The lowest BCUT2D eigenvalue weighted by Crippen LogP contribution is -2.44. The van der Waals surface area contributed by atoms with Gasteiger partial charge in [0.25, 0.3) is 0 Å². The number of amides is 2. The first-order valence-corrected chi connectivity index (χ1v) is 12.3. The van der Waals surface area contributed by atoms with Gasteiger partial charge in [-0.15, -0.1) is 0 Å². The van der Waals surface area contributed by atoms with Gasteiger partial charge in [-0.2, -0.15) is 0 Å². The topological polar surface area (TPSA) is 120 Å². The highest BCUT2D eigenvalue weighted by molar-refractivity contribution is 5.87. The molecule has 9 heteroatoms. The fraction of sp³-hybridized carbons (Fsp3) is 0.840. The number of hydrogen-bond acceptors (Lipinski definition) is 7. The molecule has 34 heavy (non-hydrogen) atoms. The minimum Gasteiger partial charge on any atom is -0.467 e. The Hall–Kier alpha value is -2.32. The van der Waals surface area contributed by atoms with Crippen molar-refractivity contribution in [2.75, 3.05) is 7.11 Å². The van der Waals surface area contributed by atoms with Gasteiger partial charge in [-0.1, -0.05) is 39.0 Å². The average molecular weight is 487 g/mol. The van der Waals surface area contributed by atoms with Crippen molar-refractivity contribution >= 4 is 23.9 Å². The maximum atomic E-state index is 12.8. The largest absolute Gasteiger partial charge is 0.467 e. The molecule has 0 fully saturated rings. The second-order valence-electron chi connectivity index (χ2n) is 10.5. The van der Waals surface area contributed by atoms with Crippen LogP contribution in [0, 0.1) is 0 Å². The molecule has 2 N–H and O–H groups in total. The molecule has 0 saturated carbocycles. The van der Waals surface area contributed by atoms with Gasteiger partial charge in [0.2, 0.25) is 0 Å². The second kappa shape index (κ2) is 15.6. The van der Waals surface area contributed by atoms with Crippen LogP contribution < -0.4 is 10.6 Å². The van der Waals surface area contributed by atoms with Gasteiger partial charge in [0.05, 0.1) is 13.2 Å². The van der Waals surface area contributed by atoms with E-state index in [1.54, 1.807) is 41.5 Å². The van der Waals surface area contributed by atoms with Gasteiger partial charge in [0.1, 0.15) is 17.2 Å². The highest BCUT2D eigenvalue weighted by Crippen LogP contribution is 2.14. The molecular formula is C25H46N2O7.